The van der Waals surface area contributed by atoms with E-state index in [0.29, 0.717) is 11.3 Å². The first kappa shape index (κ1) is 17.6. The van der Waals surface area contributed by atoms with Crippen molar-refractivity contribution in [3.63, 3.8) is 0 Å². The lowest BCUT2D eigenvalue weighted by molar-refractivity contribution is -0.128. The van der Waals surface area contributed by atoms with E-state index in [1.54, 1.807) is 12.1 Å². The lowest BCUT2D eigenvalue weighted by atomic mass is 10.1. The van der Waals surface area contributed by atoms with Crippen molar-refractivity contribution in [2.45, 2.75) is 11.3 Å². The molecule has 0 unspecified atom stereocenters. The predicted octanol–water partition coefficient (Wildman–Crippen LogP) is 2.84. The first-order valence-electron chi connectivity index (χ1n) is 6.31. The van der Waals surface area contributed by atoms with Gasteiger partial charge in [0.1, 0.15) is 0 Å². The summed E-state index contributed by atoms with van der Waals surface area (Å²) in [6, 6.07) is 10.2. The van der Waals surface area contributed by atoms with E-state index in [4.69, 9.17) is 28.4 Å². The zero-order valence-electron chi connectivity index (χ0n) is 11.6. The molecule has 0 fully saturated rings. The Morgan fingerprint density at radius 1 is 1.04 bits per heavy atom. The summed E-state index contributed by atoms with van der Waals surface area (Å²) in [4.78, 5) is 11.0. The van der Waals surface area contributed by atoms with E-state index >= 15 is 0 Å². The van der Waals surface area contributed by atoms with Gasteiger partial charge >= 0.3 is 0 Å². The number of carbonyl (C=O) groups is 1. The molecule has 0 atom stereocenters. The van der Waals surface area contributed by atoms with Gasteiger partial charge in [0.05, 0.1) is 21.4 Å². The van der Waals surface area contributed by atoms with Crippen LogP contribution in [0.2, 0.25) is 10.0 Å². The molecular weight excluding hydrogens is 363 g/mol. The first-order chi connectivity index (χ1) is 10.8. The number of halogens is 2. The number of carbonyl (C=O) groups excluding carboxylic acids is 1. The van der Waals surface area contributed by atoms with E-state index < -0.39 is 15.9 Å². The fraction of sp³-hybridized carbons (Fsp3) is 0.0714. The minimum absolute atomic E-state index is 0.0175. The second kappa shape index (κ2) is 7.18. The number of hydroxylamine groups is 1. The number of hydrogen-bond donors (Lipinski definition) is 3. The van der Waals surface area contributed by atoms with Crippen LogP contribution in [0.15, 0.2) is 47.4 Å². The number of anilines is 1. The van der Waals surface area contributed by atoms with E-state index in [0.717, 1.165) is 0 Å². The Bertz CT molecular complexity index is 823. The highest BCUT2D eigenvalue weighted by Gasteiger charge is 2.15. The van der Waals surface area contributed by atoms with Crippen molar-refractivity contribution in [1.82, 2.24) is 5.48 Å². The molecule has 0 aromatic heterocycles. The van der Waals surface area contributed by atoms with Gasteiger partial charge in [-0.25, -0.2) is 13.9 Å². The molecule has 3 N–H and O–H groups in total. The number of benzene rings is 2. The highest BCUT2D eigenvalue weighted by molar-refractivity contribution is 7.92. The van der Waals surface area contributed by atoms with Gasteiger partial charge in [-0.1, -0.05) is 35.3 Å². The van der Waals surface area contributed by atoms with Crippen LogP contribution >= 0.6 is 23.2 Å². The van der Waals surface area contributed by atoms with Crippen LogP contribution in [0.5, 0.6) is 0 Å². The molecule has 1 amide bonds. The largest absolute Gasteiger partial charge is 0.289 e. The Balaban J connectivity index is 2.17. The maximum Gasteiger partial charge on any atom is 0.261 e. The molecule has 0 saturated carbocycles. The molecule has 2 rings (SSSR count). The number of amides is 1. The average Bonchev–Trinajstić information content (AvgIpc) is 2.51. The molecule has 2 aromatic rings. The van der Waals surface area contributed by atoms with Gasteiger partial charge in [0, 0.05) is 5.69 Å². The summed E-state index contributed by atoms with van der Waals surface area (Å²) in [6.07, 6.45) is -0.0175. The second-order valence-electron chi connectivity index (χ2n) is 4.59. The van der Waals surface area contributed by atoms with E-state index in [-0.39, 0.29) is 21.4 Å². The van der Waals surface area contributed by atoms with Crippen LogP contribution in [0.3, 0.4) is 0 Å². The molecule has 9 heteroatoms. The smallest absolute Gasteiger partial charge is 0.261 e. The Morgan fingerprint density at radius 2 is 1.70 bits per heavy atom. The standard InChI is InChI=1S/C14H12Cl2N2O4S/c15-12-6-5-11(8-13(12)16)23(21,22)18-10-3-1-9(2-4-10)7-14(19)17-20/h1-6,8,18,20H,7H2,(H,17,19). The lowest BCUT2D eigenvalue weighted by Gasteiger charge is -2.09. The van der Waals surface area contributed by atoms with Crippen molar-refractivity contribution in [3.8, 4) is 0 Å². The summed E-state index contributed by atoms with van der Waals surface area (Å²) in [6.45, 7) is 0. The maximum atomic E-state index is 12.3. The molecule has 122 valence electrons. The molecule has 0 saturated heterocycles. The number of nitrogens with one attached hydrogen (secondary N) is 2. The van der Waals surface area contributed by atoms with Crippen molar-refractivity contribution in [2.24, 2.45) is 0 Å². The molecule has 23 heavy (non-hydrogen) atoms. The van der Waals surface area contributed by atoms with Crippen LogP contribution in [0.4, 0.5) is 5.69 Å². The van der Waals surface area contributed by atoms with Gasteiger partial charge in [-0.3, -0.25) is 14.7 Å². The minimum atomic E-state index is -3.81. The monoisotopic (exact) mass is 374 g/mol. The van der Waals surface area contributed by atoms with Crippen LogP contribution < -0.4 is 10.2 Å². The molecule has 0 radical (unpaired) electrons. The predicted molar refractivity (Wildman–Crippen MR) is 87.3 cm³/mol. The van der Waals surface area contributed by atoms with Gasteiger partial charge in [-0.15, -0.1) is 0 Å². The summed E-state index contributed by atoms with van der Waals surface area (Å²) in [5.41, 5.74) is 2.47. The highest BCUT2D eigenvalue weighted by Crippen LogP contribution is 2.26. The molecule has 0 heterocycles. The van der Waals surface area contributed by atoms with Crippen LogP contribution in [0, 0.1) is 0 Å². The van der Waals surface area contributed by atoms with Crippen molar-refractivity contribution in [2.75, 3.05) is 4.72 Å². The van der Waals surface area contributed by atoms with Gasteiger partial charge in [-0.05, 0) is 35.9 Å². The third kappa shape index (κ3) is 4.59. The summed E-state index contributed by atoms with van der Waals surface area (Å²) >= 11 is 11.6. The van der Waals surface area contributed by atoms with Gasteiger partial charge in [0.25, 0.3) is 10.0 Å². The van der Waals surface area contributed by atoms with E-state index in [9.17, 15) is 13.2 Å². The zero-order valence-corrected chi connectivity index (χ0v) is 13.9. The fourth-order valence-electron chi connectivity index (χ4n) is 1.77. The number of rotatable bonds is 5. The summed E-state index contributed by atoms with van der Waals surface area (Å²) in [5, 5.41) is 8.86. The SMILES string of the molecule is O=C(Cc1ccc(NS(=O)(=O)c2ccc(Cl)c(Cl)c2)cc1)NO. The Morgan fingerprint density at radius 3 is 2.26 bits per heavy atom. The molecule has 0 aliphatic carbocycles. The molecule has 0 aliphatic heterocycles. The van der Waals surface area contributed by atoms with Gasteiger partial charge in [0.2, 0.25) is 5.91 Å². The van der Waals surface area contributed by atoms with Crippen molar-refractivity contribution in [3.05, 3.63) is 58.1 Å². The molecule has 2 aromatic carbocycles. The molecular formula is C14H12Cl2N2O4S. The Labute approximate surface area is 143 Å². The third-order valence-electron chi connectivity index (χ3n) is 2.90. The maximum absolute atomic E-state index is 12.3. The van der Waals surface area contributed by atoms with Gasteiger partial charge in [-0.2, -0.15) is 0 Å². The van der Waals surface area contributed by atoms with Crippen molar-refractivity contribution < 1.29 is 18.4 Å². The molecule has 0 bridgehead atoms. The topological polar surface area (TPSA) is 95.5 Å². The lowest BCUT2D eigenvalue weighted by Crippen LogP contribution is -2.20. The number of sulfonamides is 1. The average molecular weight is 375 g/mol. The van der Waals surface area contributed by atoms with E-state index in [2.05, 4.69) is 4.72 Å². The second-order valence-corrected chi connectivity index (χ2v) is 7.09. The van der Waals surface area contributed by atoms with E-state index in [1.165, 1.54) is 35.8 Å². The highest BCUT2D eigenvalue weighted by atomic mass is 35.5. The van der Waals surface area contributed by atoms with E-state index in [1.807, 2.05) is 0 Å². The third-order valence-corrected chi connectivity index (χ3v) is 5.01. The minimum Gasteiger partial charge on any atom is -0.289 e. The Hall–Kier alpha value is -1.80. The number of hydrogen-bond acceptors (Lipinski definition) is 4. The van der Waals surface area contributed by atoms with Crippen LogP contribution in [0.1, 0.15) is 5.56 Å². The van der Waals surface area contributed by atoms with Crippen molar-refractivity contribution in [1.29, 1.82) is 0 Å². The quantitative estimate of drug-likeness (QED) is 0.553. The molecule has 0 aliphatic rings. The van der Waals surface area contributed by atoms with Crippen molar-refractivity contribution >= 4 is 44.8 Å². The van der Waals surface area contributed by atoms with Gasteiger partial charge in [0.15, 0.2) is 0 Å². The summed E-state index contributed by atoms with van der Waals surface area (Å²) in [7, 11) is -3.81. The van der Waals surface area contributed by atoms with Gasteiger partial charge < -0.3 is 0 Å². The van der Waals surface area contributed by atoms with Crippen LogP contribution in [0.25, 0.3) is 0 Å². The Kier molecular flexibility index (Phi) is 5.48. The first-order valence-corrected chi connectivity index (χ1v) is 8.55. The normalized spacial score (nSPS) is 11.1. The van der Waals surface area contributed by atoms with Crippen LogP contribution in [-0.4, -0.2) is 19.5 Å². The summed E-state index contributed by atoms with van der Waals surface area (Å²) < 4.78 is 26.9. The summed E-state index contributed by atoms with van der Waals surface area (Å²) in [5.74, 6) is -0.561. The molecule has 0 spiro atoms. The fourth-order valence-corrected chi connectivity index (χ4v) is 3.22. The zero-order chi connectivity index (χ0) is 17.0. The molecule has 6 nitrogen and oxygen atoms in total. The van der Waals surface area contributed by atoms with Crippen LogP contribution in [-0.2, 0) is 21.2 Å².